The van der Waals surface area contributed by atoms with E-state index in [0.717, 1.165) is 44.6 Å². The van der Waals surface area contributed by atoms with Crippen LogP contribution in [0.15, 0.2) is 24.3 Å². The van der Waals surface area contributed by atoms with Gasteiger partial charge in [0.25, 0.3) is 5.97 Å². The average molecular weight is 475 g/mol. The second-order valence-corrected chi connectivity index (χ2v) is 8.80. The van der Waals surface area contributed by atoms with E-state index in [9.17, 15) is 13.2 Å². The highest BCUT2D eigenvalue weighted by molar-refractivity contribution is 5.26. The second kappa shape index (κ2) is 16.5. The van der Waals surface area contributed by atoms with Crippen molar-refractivity contribution in [2.45, 2.75) is 110 Å². The lowest BCUT2D eigenvalue weighted by atomic mass is 9.90. The van der Waals surface area contributed by atoms with Crippen LogP contribution in [0.4, 0.5) is 13.2 Å². The maximum absolute atomic E-state index is 13.3. The summed E-state index contributed by atoms with van der Waals surface area (Å²) in [5.74, 6) is -1.43. The van der Waals surface area contributed by atoms with Crippen LogP contribution in [-0.4, -0.2) is 25.8 Å². The largest absolute Gasteiger partial charge is 0.416 e. The molecule has 1 rings (SSSR count). The van der Waals surface area contributed by atoms with Crippen LogP contribution >= 0.6 is 0 Å². The number of hydrogen-bond acceptors (Lipinski definition) is 3. The first-order valence-electron chi connectivity index (χ1n) is 12.9. The zero-order chi connectivity index (χ0) is 24.6. The summed E-state index contributed by atoms with van der Waals surface area (Å²) in [4.78, 5) is 0. The minimum atomic E-state index is -4.36. The van der Waals surface area contributed by atoms with Gasteiger partial charge in [-0.05, 0) is 43.7 Å². The van der Waals surface area contributed by atoms with E-state index in [1.54, 1.807) is 6.07 Å². The molecule has 3 nitrogen and oxygen atoms in total. The fourth-order valence-corrected chi connectivity index (χ4v) is 3.95. The number of hydrogen-bond donors (Lipinski definition) is 0. The van der Waals surface area contributed by atoms with Gasteiger partial charge in [0.05, 0.1) is 25.4 Å². The van der Waals surface area contributed by atoms with Crippen LogP contribution in [-0.2, 0) is 26.8 Å². The van der Waals surface area contributed by atoms with Crippen molar-refractivity contribution in [3.05, 3.63) is 35.4 Å². The van der Waals surface area contributed by atoms with Crippen molar-refractivity contribution in [2.75, 3.05) is 19.8 Å². The first-order chi connectivity index (χ1) is 15.8. The Morgan fingerprint density at radius 1 is 0.727 bits per heavy atom. The maximum atomic E-state index is 13.3. The van der Waals surface area contributed by atoms with E-state index >= 15 is 0 Å². The molecule has 0 spiro atoms. The van der Waals surface area contributed by atoms with E-state index in [4.69, 9.17) is 14.2 Å². The molecule has 1 unspecified atom stereocenters. The monoisotopic (exact) mass is 474 g/mol. The number of alkyl halides is 3. The Kier molecular flexibility index (Phi) is 15.0. The topological polar surface area (TPSA) is 27.7 Å². The highest BCUT2D eigenvalue weighted by Gasteiger charge is 2.42. The number of ether oxygens (including phenoxy) is 3. The predicted molar refractivity (Wildman–Crippen MR) is 128 cm³/mol. The van der Waals surface area contributed by atoms with Gasteiger partial charge in [0, 0.05) is 5.92 Å². The molecule has 0 N–H and O–H groups in total. The van der Waals surface area contributed by atoms with E-state index in [1.807, 2.05) is 20.8 Å². The molecule has 192 valence electrons. The highest BCUT2D eigenvalue weighted by Crippen LogP contribution is 2.36. The first-order valence-corrected chi connectivity index (χ1v) is 12.9. The number of benzene rings is 1. The van der Waals surface area contributed by atoms with Gasteiger partial charge < -0.3 is 14.2 Å². The Morgan fingerprint density at radius 3 is 1.79 bits per heavy atom. The van der Waals surface area contributed by atoms with Crippen molar-refractivity contribution in [1.82, 2.24) is 0 Å². The molecule has 0 radical (unpaired) electrons. The van der Waals surface area contributed by atoms with Crippen molar-refractivity contribution < 1.29 is 27.4 Å². The van der Waals surface area contributed by atoms with Gasteiger partial charge in [-0.15, -0.1) is 0 Å². The van der Waals surface area contributed by atoms with Crippen molar-refractivity contribution in [3.63, 3.8) is 0 Å². The molecule has 1 aromatic carbocycles. The zero-order valence-electron chi connectivity index (χ0n) is 21.1. The fraction of sp³-hybridized carbons (Fsp3) is 0.778. The summed E-state index contributed by atoms with van der Waals surface area (Å²) in [5, 5.41) is 0. The minimum absolute atomic E-state index is 0.197. The van der Waals surface area contributed by atoms with Gasteiger partial charge in [-0.2, -0.15) is 13.2 Å². The van der Waals surface area contributed by atoms with Crippen LogP contribution in [0.25, 0.3) is 0 Å². The van der Waals surface area contributed by atoms with Gasteiger partial charge in [-0.25, -0.2) is 0 Å². The first kappa shape index (κ1) is 29.9. The molecular formula is C27H45F3O3. The third kappa shape index (κ3) is 11.2. The average Bonchev–Trinajstić information content (AvgIpc) is 2.80. The summed E-state index contributed by atoms with van der Waals surface area (Å²) in [7, 11) is 0. The maximum Gasteiger partial charge on any atom is 0.416 e. The summed E-state index contributed by atoms with van der Waals surface area (Å²) in [6, 6.07) is 5.61. The molecule has 0 fully saturated rings. The Labute approximate surface area is 199 Å². The summed E-state index contributed by atoms with van der Waals surface area (Å²) in [6.07, 6.45) is 6.11. The second-order valence-electron chi connectivity index (χ2n) is 8.80. The number of halogens is 3. The molecule has 0 aliphatic heterocycles. The molecule has 1 aromatic rings. The molecule has 33 heavy (non-hydrogen) atoms. The van der Waals surface area contributed by atoms with Gasteiger partial charge in [-0.1, -0.05) is 84.4 Å². The molecule has 0 amide bonds. The van der Waals surface area contributed by atoms with Gasteiger partial charge in [0.1, 0.15) is 0 Å². The van der Waals surface area contributed by atoms with Crippen molar-refractivity contribution in [1.29, 1.82) is 0 Å². The molecule has 0 saturated carbocycles. The molecule has 6 heteroatoms. The normalized spacial score (nSPS) is 13.4. The SMILES string of the molecule is CCCCCCCCC(Cc1cccc(C(F)(F)F)c1)C(OCCC)(OCCC)OCCC. The Balaban J connectivity index is 3.17. The standard InChI is InChI=1S/C27H45F3O3/c1-5-9-10-11-12-13-16-25(22-23-15-14-17-24(21-23)26(28,29)30)27(31-18-6-2,32-19-7-3)33-20-8-4/h14-15,17,21,25H,5-13,16,18-20,22H2,1-4H3. The molecular weight excluding hydrogens is 429 g/mol. The predicted octanol–water partition coefficient (Wildman–Crippen LogP) is 8.55. The van der Waals surface area contributed by atoms with Crippen LogP contribution in [0.2, 0.25) is 0 Å². The minimum Gasteiger partial charge on any atom is -0.327 e. The van der Waals surface area contributed by atoms with Gasteiger partial charge in [-0.3, -0.25) is 0 Å². The Morgan fingerprint density at radius 2 is 1.27 bits per heavy atom. The van der Waals surface area contributed by atoms with E-state index in [-0.39, 0.29) is 5.92 Å². The van der Waals surface area contributed by atoms with Crippen molar-refractivity contribution in [3.8, 4) is 0 Å². The fourth-order valence-electron chi connectivity index (χ4n) is 3.95. The molecule has 0 aromatic heterocycles. The van der Waals surface area contributed by atoms with Crippen LogP contribution in [0.3, 0.4) is 0 Å². The van der Waals surface area contributed by atoms with Crippen molar-refractivity contribution in [2.24, 2.45) is 5.92 Å². The Bertz CT molecular complexity index is 597. The van der Waals surface area contributed by atoms with Crippen LogP contribution in [0, 0.1) is 5.92 Å². The lowest BCUT2D eigenvalue weighted by Gasteiger charge is -2.40. The van der Waals surface area contributed by atoms with Gasteiger partial charge in [0.15, 0.2) is 0 Å². The Hall–Kier alpha value is -1.11. The van der Waals surface area contributed by atoms with Crippen molar-refractivity contribution >= 4 is 0 Å². The van der Waals surface area contributed by atoms with Crippen LogP contribution < -0.4 is 0 Å². The zero-order valence-corrected chi connectivity index (χ0v) is 21.1. The molecule has 1 atom stereocenters. The van der Waals surface area contributed by atoms with E-state index in [1.165, 1.54) is 37.8 Å². The van der Waals surface area contributed by atoms with E-state index in [0.29, 0.717) is 31.8 Å². The van der Waals surface area contributed by atoms with E-state index < -0.39 is 17.7 Å². The highest BCUT2D eigenvalue weighted by atomic mass is 19.4. The molecule has 0 bridgehead atoms. The lowest BCUT2D eigenvalue weighted by molar-refractivity contribution is -0.406. The van der Waals surface area contributed by atoms with Crippen LogP contribution in [0.1, 0.15) is 103 Å². The molecule has 0 saturated heterocycles. The summed E-state index contributed by atoms with van der Waals surface area (Å²) >= 11 is 0. The smallest absolute Gasteiger partial charge is 0.327 e. The molecule has 0 heterocycles. The molecule has 0 aliphatic rings. The third-order valence-electron chi connectivity index (χ3n) is 5.66. The van der Waals surface area contributed by atoms with Gasteiger partial charge >= 0.3 is 6.18 Å². The molecule has 0 aliphatic carbocycles. The van der Waals surface area contributed by atoms with Gasteiger partial charge in [0.2, 0.25) is 0 Å². The summed E-state index contributed by atoms with van der Waals surface area (Å²) in [6.45, 7) is 9.70. The third-order valence-corrected chi connectivity index (χ3v) is 5.66. The number of unbranched alkanes of at least 4 members (excludes halogenated alkanes) is 5. The quantitative estimate of drug-likeness (QED) is 0.148. The lowest BCUT2D eigenvalue weighted by Crippen LogP contribution is -2.48. The van der Waals surface area contributed by atoms with E-state index in [2.05, 4.69) is 6.92 Å². The van der Waals surface area contributed by atoms with Crippen LogP contribution in [0.5, 0.6) is 0 Å². The summed E-state index contributed by atoms with van der Waals surface area (Å²) < 4.78 is 58.7. The summed E-state index contributed by atoms with van der Waals surface area (Å²) in [5.41, 5.74) is 0.00724. The number of rotatable bonds is 19.